The van der Waals surface area contributed by atoms with Crippen molar-refractivity contribution in [3.8, 4) is 35.5 Å². The second-order valence-electron chi connectivity index (χ2n) is 33.5. The number of halogens is 19. The fraction of sp³-hybridized carbons (Fsp3) is 0.520. The number of rotatable bonds is 17. The summed E-state index contributed by atoms with van der Waals surface area (Å²) in [4.78, 5) is 16.2. The van der Waals surface area contributed by atoms with Crippen molar-refractivity contribution in [1.82, 2.24) is 34.3 Å². The van der Waals surface area contributed by atoms with Gasteiger partial charge in [-0.15, -0.1) is 46.1 Å². The molecule has 7 aliphatic rings. The summed E-state index contributed by atoms with van der Waals surface area (Å²) in [6, 6.07) is 40.3. The van der Waals surface area contributed by atoms with E-state index in [1.807, 2.05) is 37.4 Å². The smallest absolute Gasteiger partial charge is 0.404 e. The van der Waals surface area contributed by atoms with Crippen molar-refractivity contribution in [3.05, 3.63) is 238 Å². The van der Waals surface area contributed by atoms with Gasteiger partial charge in [0.1, 0.15) is 47.1 Å². The number of alkyl halides is 12. The van der Waals surface area contributed by atoms with Crippen LogP contribution in [-0.4, -0.2) is 192 Å². The number of piperidine rings is 7. The molecule has 7 heterocycles. The molecule has 7 aromatic rings. The number of nitriles is 3. The van der Waals surface area contributed by atoms with E-state index >= 15 is 0 Å². The fourth-order valence-electron chi connectivity index (χ4n) is 17.8. The predicted molar refractivity (Wildman–Crippen MR) is 488 cm³/mol. The maximum Gasteiger partial charge on any atom is 0.573 e. The predicted octanol–water partition coefficient (Wildman–Crippen LogP) is 26.9. The molecule has 0 aliphatic carbocycles. The Balaban J connectivity index is 0.000000188. The normalized spacial score (nSPS) is 18.2. The maximum absolute atomic E-state index is 14.0. The van der Waals surface area contributed by atoms with Gasteiger partial charge in [0.2, 0.25) is 0 Å². The third-order valence-electron chi connectivity index (χ3n) is 25.2. The molecule has 0 saturated carbocycles. The molecule has 0 bridgehead atoms. The summed E-state index contributed by atoms with van der Waals surface area (Å²) in [5, 5.41) is 28.3. The molecule has 130 heavy (non-hydrogen) atoms. The van der Waals surface area contributed by atoms with E-state index in [-0.39, 0.29) is 78.9 Å². The van der Waals surface area contributed by atoms with Crippen LogP contribution in [0.1, 0.15) is 227 Å². The van der Waals surface area contributed by atoms with E-state index in [1.165, 1.54) is 30.3 Å². The van der Waals surface area contributed by atoms with Crippen molar-refractivity contribution < 1.29 is 75.7 Å². The Morgan fingerprint density at radius 3 is 0.862 bits per heavy atom. The van der Waals surface area contributed by atoms with Crippen LogP contribution < -0.4 is 14.2 Å². The third kappa shape index (κ3) is 33.2. The Kier molecular flexibility index (Phi) is 43.3. The van der Waals surface area contributed by atoms with Crippen molar-refractivity contribution in [1.29, 1.82) is 15.8 Å². The van der Waals surface area contributed by atoms with Crippen LogP contribution in [0.3, 0.4) is 0 Å². The molecule has 7 aliphatic heterocycles. The number of hydrogen-bond acceptors (Lipinski definition) is 13. The van der Waals surface area contributed by atoms with Crippen LogP contribution in [-0.2, 0) is 6.18 Å². The van der Waals surface area contributed by atoms with Crippen molar-refractivity contribution in [2.24, 2.45) is 0 Å². The third-order valence-corrected chi connectivity index (χ3v) is 27.2. The van der Waals surface area contributed by atoms with E-state index in [0.717, 1.165) is 247 Å². The number of benzene rings is 7. The van der Waals surface area contributed by atoms with Crippen LogP contribution in [0.2, 0.25) is 25.1 Å². The fourth-order valence-corrected chi connectivity index (χ4v) is 19.4. The molecule has 0 spiro atoms. The first-order valence-electron chi connectivity index (χ1n) is 44.5. The van der Waals surface area contributed by atoms with Gasteiger partial charge in [0.15, 0.2) is 0 Å². The zero-order valence-corrected chi connectivity index (χ0v) is 78.1. The van der Waals surface area contributed by atoms with Gasteiger partial charge in [-0.05, 0) is 351 Å². The summed E-state index contributed by atoms with van der Waals surface area (Å²) in [5.74, 6) is -0.614. The van der Waals surface area contributed by atoms with Crippen LogP contribution in [0.15, 0.2) is 140 Å². The lowest BCUT2D eigenvalue weighted by Crippen LogP contribution is -2.33. The lowest BCUT2D eigenvalue weighted by atomic mass is 9.88. The van der Waals surface area contributed by atoms with Crippen LogP contribution >= 0.6 is 58.0 Å². The molecule has 7 saturated heterocycles. The minimum atomic E-state index is -4.73. The molecule has 0 unspecified atom stereocenters. The molecule has 7 fully saturated rings. The molecule has 14 rings (SSSR count). The van der Waals surface area contributed by atoms with Gasteiger partial charge in [0, 0.05) is 6.54 Å². The molecule has 710 valence electrons. The maximum atomic E-state index is 14.0. The SMILES string of the molecule is C=CCN1CCC(c2cccc(OC(F)(F)F)c2Cl)CC1.CCCN1CCC(c2cccc(OC(F)(F)F)c2Cl)CC1.CCN1CCC(c2cccc(C#N)c2Cl)CC1.CCN1CCC(c2cccc(C#N)c2F)CC1.CCN1CCC(c2cccc(OC(F)(F)F)c2Cl)CC1.CN1CCC(c2cccc(C#N)c2Cl)CC1.CN1CCC(c2cccc(C(F)(F)F)c2F)CC1. The first-order valence-corrected chi connectivity index (χ1v) is 46.4. The van der Waals surface area contributed by atoms with Gasteiger partial charge in [-0.3, -0.25) is 4.90 Å². The second-order valence-corrected chi connectivity index (χ2v) is 35.4. The van der Waals surface area contributed by atoms with E-state index in [9.17, 15) is 61.5 Å². The first kappa shape index (κ1) is 108. The Bertz CT molecular complexity index is 4710. The van der Waals surface area contributed by atoms with E-state index in [0.29, 0.717) is 45.8 Å². The minimum Gasteiger partial charge on any atom is -0.404 e. The number of ether oxygens (including phenoxy) is 3. The Morgan fingerprint density at radius 1 is 0.338 bits per heavy atom. The van der Waals surface area contributed by atoms with Crippen LogP contribution in [0.4, 0.5) is 61.5 Å². The monoisotopic (exact) mass is 1920 g/mol. The highest BCUT2D eigenvalue weighted by molar-refractivity contribution is 6.34. The van der Waals surface area contributed by atoms with Crippen molar-refractivity contribution in [2.75, 3.05) is 138 Å². The van der Waals surface area contributed by atoms with Gasteiger partial charge in [0.25, 0.3) is 0 Å². The highest BCUT2D eigenvalue weighted by atomic mass is 35.5. The Labute approximate surface area is 781 Å². The van der Waals surface area contributed by atoms with Gasteiger partial charge in [-0.2, -0.15) is 29.0 Å². The van der Waals surface area contributed by atoms with E-state index in [2.05, 4.69) is 114 Å². The van der Waals surface area contributed by atoms with Gasteiger partial charge < -0.3 is 43.6 Å². The summed E-state index contributed by atoms with van der Waals surface area (Å²) < 4.78 is 189. The summed E-state index contributed by atoms with van der Waals surface area (Å²) in [6.45, 7) is 31.1. The molecule has 13 nitrogen and oxygen atoms in total. The first-order chi connectivity index (χ1) is 61.8. The van der Waals surface area contributed by atoms with Crippen molar-refractivity contribution >= 4 is 58.0 Å². The number of likely N-dealkylation sites (tertiary alicyclic amines) is 7. The standard InChI is InChI=1S/C15H19ClF3NO.C15H17ClF3NO.C14H17ClF3NO.C14H17ClN2.C14H17FN2.C13H15ClN2.C13H15F4N/c2*1-2-8-20-9-6-11(7-10-20)12-4-3-5-13(14(12)16)21-15(17,18)19;1-2-19-8-6-10(7-9-19)11-4-3-5-12(13(11)15)20-14(16,17)18;2*1-2-17-8-6-11(7-9-17)13-5-3-4-12(10-16)14(13)15;1-16-7-5-10(6-8-16)12-4-2-3-11(9-15)13(12)14;1-18-7-5-9(6-8-18)10-3-2-4-11(12(10)14)13(15,16)17/h3-5,11H,2,6-10H2,1H3;2-5,11H,1,6-10H2;3-5,10H,2,6-9H2,1H3;2*3-5,11H,2,6-9H2,1H3;2-4,10H,5-8H2,1H3;2-4,9H,5-8H2,1H3. The van der Waals surface area contributed by atoms with Crippen LogP contribution in [0.5, 0.6) is 17.2 Å². The Morgan fingerprint density at radius 2 is 0.585 bits per heavy atom. The van der Waals surface area contributed by atoms with Crippen molar-refractivity contribution in [2.45, 2.75) is 191 Å². The Hall–Kier alpha value is -7.66. The molecule has 0 N–H and O–H groups in total. The van der Waals surface area contributed by atoms with Crippen molar-refractivity contribution in [3.63, 3.8) is 0 Å². The van der Waals surface area contributed by atoms with Crippen LogP contribution in [0.25, 0.3) is 0 Å². The molecule has 0 atom stereocenters. The molecule has 0 radical (unpaired) electrons. The van der Waals surface area contributed by atoms with E-state index in [1.54, 1.807) is 60.7 Å². The summed E-state index contributed by atoms with van der Waals surface area (Å²) in [6.07, 6.45) is -2.53. The minimum absolute atomic E-state index is 0.0667. The molecule has 0 amide bonds. The van der Waals surface area contributed by atoms with Gasteiger partial charge in [-0.1, -0.05) is 177 Å². The molecule has 32 heteroatoms. The molecular weight excluding hydrogens is 1810 g/mol. The lowest BCUT2D eigenvalue weighted by Gasteiger charge is -2.32. The topological polar surface area (TPSA) is 122 Å². The highest BCUT2D eigenvalue weighted by Crippen LogP contribution is 2.45. The number of hydrogen-bond donors (Lipinski definition) is 0. The molecule has 7 aromatic carbocycles. The number of nitrogens with zero attached hydrogens (tertiary/aromatic N) is 10. The van der Waals surface area contributed by atoms with Gasteiger partial charge >= 0.3 is 25.3 Å². The summed E-state index contributed by atoms with van der Waals surface area (Å²) in [5.41, 5.74) is 5.68. The second kappa shape index (κ2) is 52.3. The largest absolute Gasteiger partial charge is 0.573 e. The van der Waals surface area contributed by atoms with Gasteiger partial charge in [-0.25, -0.2) is 8.78 Å². The molecule has 0 aromatic heterocycles. The average Bonchev–Trinajstić information content (AvgIpc) is 0.791. The van der Waals surface area contributed by atoms with Gasteiger partial charge in [0.05, 0.1) is 47.4 Å². The summed E-state index contributed by atoms with van der Waals surface area (Å²) in [7, 11) is 4.10. The van der Waals surface area contributed by atoms with Crippen LogP contribution in [0, 0.1) is 45.6 Å². The molecular formula is C98H117Cl5F14N10O3. The lowest BCUT2D eigenvalue weighted by molar-refractivity contribution is -0.275. The quantitative estimate of drug-likeness (QED) is 0.0636. The average molecular weight is 1930 g/mol. The zero-order valence-electron chi connectivity index (χ0n) is 74.4. The highest BCUT2D eigenvalue weighted by Gasteiger charge is 2.39. The van der Waals surface area contributed by atoms with E-state index in [4.69, 9.17) is 73.8 Å². The van der Waals surface area contributed by atoms with E-state index < -0.39 is 36.6 Å². The zero-order chi connectivity index (χ0) is 95.0. The summed E-state index contributed by atoms with van der Waals surface area (Å²) >= 11 is 30.8.